The first-order chi connectivity index (χ1) is 7.49. The summed E-state index contributed by atoms with van der Waals surface area (Å²) in [5.41, 5.74) is -0.0331. The molecule has 0 spiro atoms. The van der Waals surface area contributed by atoms with E-state index in [-0.39, 0.29) is 17.6 Å². The molecule has 0 saturated heterocycles. The maximum Gasteiger partial charge on any atom is 0.328 e. The molecule has 4 atom stereocenters. The lowest BCUT2D eigenvalue weighted by Gasteiger charge is -2.31. The van der Waals surface area contributed by atoms with E-state index in [1.165, 1.54) is 0 Å². The van der Waals surface area contributed by atoms with Gasteiger partial charge in [0.1, 0.15) is 0 Å². The van der Waals surface area contributed by atoms with E-state index in [4.69, 9.17) is 9.05 Å². The Morgan fingerprint density at radius 2 is 1.59 bits per heavy atom. The van der Waals surface area contributed by atoms with E-state index < -0.39 is 7.60 Å². The highest BCUT2D eigenvalue weighted by atomic mass is 31.2. The maximum absolute atomic E-state index is 12.3. The van der Waals surface area contributed by atoms with Crippen LogP contribution in [0.2, 0.25) is 0 Å². The molecule has 0 rings (SSSR count). The van der Waals surface area contributed by atoms with Crippen molar-refractivity contribution >= 4 is 7.60 Å². The van der Waals surface area contributed by atoms with Gasteiger partial charge < -0.3 is 9.05 Å². The molecule has 0 heterocycles. The zero-order chi connectivity index (χ0) is 13.9. The van der Waals surface area contributed by atoms with Crippen LogP contribution in [0.4, 0.5) is 0 Å². The first-order valence-electron chi connectivity index (χ1n) is 6.44. The minimum atomic E-state index is -2.97. The molecule has 0 aliphatic rings. The molecular weight excluding hydrogens is 235 g/mol. The Morgan fingerprint density at radius 1 is 1.12 bits per heavy atom. The van der Waals surface area contributed by atoms with Gasteiger partial charge >= 0.3 is 7.60 Å². The van der Waals surface area contributed by atoms with Crippen LogP contribution in [0.1, 0.15) is 54.9 Å². The molecule has 0 fully saturated rings. The van der Waals surface area contributed by atoms with E-state index in [9.17, 15) is 4.57 Å². The Bertz CT molecular complexity index is 270. The SMILES string of the molecule is CCC(C)C(C)OP(C)(=O)OC(C)C(C)(C)C. The molecule has 0 bridgehead atoms. The lowest BCUT2D eigenvalue weighted by Crippen LogP contribution is -2.26. The Hall–Kier alpha value is 0.150. The highest BCUT2D eigenvalue weighted by Gasteiger charge is 2.30. The van der Waals surface area contributed by atoms with Gasteiger partial charge in [0.05, 0.1) is 12.2 Å². The summed E-state index contributed by atoms with van der Waals surface area (Å²) in [7, 11) is -2.97. The summed E-state index contributed by atoms with van der Waals surface area (Å²) < 4.78 is 23.4. The lowest BCUT2D eigenvalue weighted by atomic mass is 9.91. The highest BCUT2D eigenvalue weighted by Crippen LogP contribution is 2.49. The van der Waals surface area contributed by atoms with Gasteiger partial charge in [0.15, 0.2) is 0 Å². The standard InChI is InChI=1S/C13H29O3P/c1-9-10(2)11(3)15-17(8,14)16-12(4)13(5,6)7/h10-12H,9H2,1-8H3. The van der Waals surface area contributed by atoms with Crippen molar-refractivity contribution in [3.05, 3.63) is 0 Å². The molecule has 0 amide bonds. The quantitative estimate of drug-likeness (QED) is 0.652. The van der Waals surface area contributed by atoms with Gasteiger partial charge in [0, 0.05) is 6.66 Å². The van der Waals surface area contributed by atoms with Crippen LogP contribution in [0, 0.1) is 11.3 Å². The van der Waals surface area contributed by atoms with Gasteiger partial charge in [-0.15, -0.1) is 0 Å². The molecule has 4 unspecified atom stereocenters. The molecular formula is C13H29O3P. The number of hydrogen-bond donors (Lipinski definition) is 0. The molecule has 104 valence electrons. The highest BCUT2D eigenvalue weighted by molar-refractivity contribution is 7.53. The van der Waals surface area contributed by atoms with Crippen LogP contribution in [0.5, 0.6) is 0 Å². The molecule has 17 heavy (non-hydrogen) atoms. The Labute approximate surface area is 107 Å². The molecule has 0 N–H and O–H groups in total. The van der Waals surface area contributed by atoms with E-state index >= 15 is 0 Å². The van der Waals surface area contributed by atoms with Crippen molar-refractivity contribution in [3.8, 4) is 0 Å². The van der Waals surface area contributed by atoms with Gasteiger partial charge in [-0.25, -0.2) is 0 Å². The lowest BCUT2D eigenvalue weighted by molar-refractivity contribution is 0.0576. The zero-order valence-electron chi connectivity index (χ0n) is 12.6. The summed E-state index contributed by atoms with van der Waals surface area (Å²) in [6.07, 6.45) is 0.876. The third-order valence-electron chi connectivity index (χ3n) is 3.37. The third-order valence-corrected chi connectivity index (χ3v) is 4.79. The van der Waals surface area contributed by atoms with Crippen molar-refractivity contribution in [1.29, 1.82) is 0 Å². The second kappa shape index (κ2) is 6.36. The molecule has 0 aromatic carbocycles. The van der Waals surface area contributed by atoms with Crippen LogP contribution in [-0.4, -0.2) is 18.9 Å². The summed E-state index contributed by atoms with van der Waals surface area (Å²) in [4.78, 5) is 0. The van der Waals surface area contributed by atoms with Crippen LogP contribution >= 0.6 is 7.60 Å². The van der Waals surface area contributed by atoms with Gasteiger partial charge in [-0.2, -0.15) is 0 Å². The van der Waals surface area contributed by atoms with E-state index in [0.717, 1.165) is 6.42 Å². The summed E-state index contributed by atoms with van der Waals surface area (Å²) in [6, 6.07) is 0. The van der Waals surface area contributed by atoms with Crippen molar-refractivity contribution in [3.63, 3.8) is 0 Å². The van der Waals surface area contributed by atoms with Crippen molar-refractivity contribution in [2.45, 2.75) is 67.1 Å². The summed E-state index contributed by atoms with van der Waals surface area (Å²) in [5, 5.41) is 0. The number of hydrogen-bond acceptors (Lipinski definition) is 3. The third kappa shape index (κ3) is 6.59. The summed E-state index contributed by atoms with van der Waals surface area (Å²) in [6.45, 7) is 15.8. The first-order valence-corrected chi connectivity index (χ1v) is 8.43. The van der Waals surface area contributed by atoms with Crippen LogP contribution < -0.4 is 0 Å². The second-order valence-electron chi connectivity index (χ2n) is 6.08. The molecule has 4 heteroatoms. The van der Waals surface area contributed by atoms with E-state index in [1.54, 1.807) is 6.66 Å². The number of rotatable bonds is 6. The largest absolute Gasteiger partial charge is 0.328 e. The van der Waals surface area contributed by atoms with E-state index in [1.807, 2.05) is 13.8 Å². The van der Waals surface area contributed by atoms with Gasteiger partial charge in [-0.3, -0.25) is 4.57 Å². The normalized spacial score (nSPS) is 21.6. The smallest absolute Gasteiger partial charge is 0.305 e. The van der Waals surface area contributed by atoms with Crippen molar-refractivity contribution in [2.75, 3.05) is 6.66 Å². The average molecular weight is 264 g/mol. The van der Waals surface area contributed by atoms with Crippen LogP contribution in [0.25, 0.3) is 0 Å². The molecule has 0 aliphatic carbocycles. The minimum absolute atomic E-state index is 0.0331. The molecule has 0 aliphatic heterocycles. The van der Waals surface area contributed by atoms with E-state index in [2.05, 4.69) is 34.6 Å². The molecule has 0 saturated carbocycles. The van der Waals surface area contributed by atoms with Crippen LogP contribution in [0.15, 0.2) is 0 Å². The van der Waals surface area contributed by atoms with Crippen LogP contribution in [0.3, 0.4) is 0 Å². The van der Waals surface area contributed by atoms with Crippen molar-refractivity contribution < 1.29 is 13.6 Å². The topological polar surface area (TPSA) is 35.5 Å². The Kier molecular flexibility index (Phi) is 6.41. The average Bonchev–Trinajstić information content (AvgIpc) is 2.13. The minimum Gasteiger partial charge on any atom is -0.305 e. The Balaban J connectivity index is 4.45. The molecule has 0 aromatic heterocycles. The first kappa shape index (κ1) is 17.2. The molecule has 3 nitrogen and oxygen atoms in total. The monoisotopic (exact) mass is 264 g/mol. The van der Waals surface area contributed by atoms with Gasteiger partial charge in [0.2, 0.25) is 0 Å². The van der Waals surface area contributed by atoms with Crippen molar-refractivity contribution in [2.24, 2.45) is 11.3 Å². The molecule has 0 aromatic rings. The summed E-state index contributed by atoms with van der Waals surface area (Å²) >= 11 is 0. The maximum atomic E-state index is 12.3. The predicted molar refractivity (Wildman–Crippen MR) is 73.5 cm³/mol. The van der Waals surface area contributed by atoms with Crippen LogP contribution in [-0.2, 0) is 13.6 Å². The fraction of sp³-hybridized carbons (Fsp3) is 1.00. The van der Waals surface area contributed by atoms with Gasteiger partial charge in [-0.1, -0.05) is 41.0 Å². The van der Waals surface area contributed by atoms with Crippen molar-refractivity contribution in [1.82, 2.24) is 0 Å². The predicted octanol–water partition coefficient (Wildman–Crippen LogP) is 4.71. The van der Waals surface area contributed by atoms with Gasteiger partial charge in [0.25, 0.3) is 0 Å². The Morgan fingerprint density at radius 3 is 1.94 bits per heavy atom. The second-order valence-corrected chi connectivity index (χ2v) is 8.05. The van der Waals surface area contributed by atoms with Gasteiger partial charge in [-0.05, 0) is 25.2 Å². The zero-order valence-corrected chi connectivity index (χ0v) is 13.5. The fourth-order valence-corrected chi connectivity index (χ4v) is 2.96. The van der Waals surface area contributed by atoms with E-state index in [0.29, 0.717) is 5.92 Å². The molecule has 0 radical (unpaired) electrons. The summed E-state index contributed by atoms with van der Waals surface area (Å²) in [5.74, 6) is 0.386. The fourth-order valence-electron chi connectivity index (χ4n) is 1.21.